The Balaban J connectivity index is 1.74. The van der Waals surface area contributed by atoms with Gasteiger partial charge < -0.3 is 14.8 Å². The average Bonchev–Trinajstić information content (AvgIpc) is 2.92. The molecule has 0 saturated carbocycles. The monoisotopic (exact) mass is 429 g/mol. The number of hydrogen-bond acceptors (Lipinski definition) is 4. The van der Waals surface area contributed by atoms with Crippen molar-refractivity contribution in [2.24, 2.45) is 10.2 Å². The van der Waals surface area contributed by atoms with Gasteiger partial charge in [-0.05, 0) is 35.2 Å². The van der Waals surface area contributed by atoms with E-state index in [0.29, 0.717) is 16.7 Å². The first kappa shape index (κ1) is 19.1. The van der Waals surface area contributed by atoms with Crippen molar-refractivity contribution >= 4 is 38.4 Å². The number of rotatable bonds is 4. The van der Waals surface area contributed by atoms with Gasteiger partial charge in [0.25, 0.3) is 0 Å². The van der Waals surface area contributed by atoms with Crippen LogP contribution in [0.3, 0.4) is 0 Å². The first-order chi connectivity index (χ1) is 12.8. The molecule has 2 N–H and O–H groups in total. The molecule has 0 unspecified atom stereocenters. The van der Waals surface area contributed by atoms with Gasteiger partial charge in [0.05, 0.1) is 5.52 Å². The van der Waals surface area contributed by atoms with Crippen molar-refractivity contribution in [3.05, 3.63) is 52.5 Å². The van der Waals surface area contributed by atoms with E-state index in [-0.39, 0.29) is 23.6 Å². The second kappa shape index (κ2) is 7.52. The number of aromatic nitrogens is 1. The van der Waals surface area contributed by atoms with Crippen LogP contribution in [0.15, 0.2) is 57.2 Å². The molecule has 0 bridgehead atoms. The largest absolute Gasteiger partial charge is 0.493 e. The summed E-state index contributed by atoms with van der Waals surface area (Å²) in [5.74, 6) is -0.0338. The standard InChI is InChI=1S/C20H20BrN3O3/c1-20(2,3)14-6-4-5-7-16(14)27-11-17(25)23-24-18-13-10-12(21)8-9-15(13)22-19(18)26/h4-10,22,26H,11H2,1-3H3. The predicted molar refractivity (Wildman–Crippen MR) is 108 cm³/mol. The van der Waals surface area contributed by atoms with Gasteiger partial charge >= 0.3 is 5.91 Å². The SMILES string of the molecule is CC(C)(C)c1ccccc1OCC(=O)N=Nc1c(O)[nH]c2ccc(Br)cc12. The number of ether oxygens (including phenoxy) is 1. The van der Waals surface area contributed by atoms with E-state index in [1.807, 2.05) is 30.3 Å². The minimum atomic E-state index is -0.539. The summed E-state index contributed by atoms with van der Waals surface area (Å²) in [6.07, 6.45) is 0. The zero-order chi connectivity index (χ0) is 19.6. The summed E-state index contributed by atoms with van der Waals surface area (Å²) in [4.78, 5) is 14.9. The number of carbonyl (C=O) groups excluding carboxylic acids is 1. The maximum absolute atomic E-state index is 12.1. The molecule has 1 heterocycles. The van der Waals surface area contributed by atoms with E-state index in [0.717, 1.165) is 10.0 Å². The highest BCUT2D eigenvalue weighted by Gasteiger charge is 2.19. The molecular formula is C20H20BrN3O3. The highest BCUT2D eigenvalue weighted by molar-refractivity contribution is 9.10. The second-order valence-corrected chi connectivity index (χ2v) is 8.06. The lowest BCUT2D eigenvalue weighted by molar-refractivity contribution is -0.120. The number of carbonyl (C=O) groups is 1. The molecule has 3 rings (SSSR count). The first-order valence-corrected chi connectivity index (χ1v) is 9.22. The zero-order valence-electron chi connectivity index (χ0n) is 15.3. The molecule has 140 valence electrons. The van der Waals surface area contributed by atoms with E-state index in [2.05, 4.69) is 51.9 Å². The van der Waals surface area contributed by atoms with Gasteiger partial charge in [0.2, 0.25) is 5.88 Å². The van der Waals surface area contributed by atoms with Crippen molar-refractivity contribution < 1.29 is 14.6 Å². The summed E-state index contributed by atoms with van der Waals surface area (Å²) in [6, 6.07) is 13.0. The molecule has 0 radical (unpaired) electrons. The minimum Gasteiger partial charge on any atom is -0.493 e. The number of nitrogens with one attached hydrogen (secondary N) is 1. The van der Waals surface area contributed by atoms with Crippen molar-refractivity contribution in [2.45, 2.75) is 26.2 Å². The van der Waals surface area contributed by atoms with Crippen LogP contribution in [0, 0.1) is 0 Å². The number of azo groups is 1. The van der Waals surface area contributed by atoms with Gasteiger partial charge in [-0.1, -0.05) is 54.9 Å². The van der Waals surface area contributed by atoms with Crippen molar-refractivity contribution in [3.8, 4) is 11.6 Å². The molecule has 2 aromatic carbocycles. The van der Waals surface area contributed by atoms with Gasteiger partial charge in [-0.15, -0.1) is 10.2 Å². The molecule has 0 fully saturated rings. The van der Waals surface area contributed by atoms with Crippen LogP contribution < -0.4 is 4.74 Å². The number of aromatic hydroxyl groups is 1. The number of benzene rings is 2. The Labute approximate surface area is 165 Å². The second-order valence-electron chi connectivity index (χ2n) is 7.14. The van der Waals surface area contributed by atoms with E-state index < -0.39 is 5.91 Å². The van der Waals surface area contributed by atoms with E-state index >= 15 is 0 Å². The van der Waals surface area contributed by atoms with Crippen LogP contribution in [0.1, 0.15) is 26.3 Å². The number of para-hydroxylation sites is 1. The summed E-state index contributed by atoms with van der Waals surface area (Å²) in [5, 5.41) is 18.3. The van der Waals surface area contributed by atoms with Crippen molar-refractivity contribution in [1.82, 2.24) is 4.98 Å². The quantitative estimate of drug-likeness (QED) is 0.527. The Morgan fingerprint density at radius 1 is 1.22 bits per heavy atom. The molecule has 0 saturated heterocycles. The number of amides is 1. The molecular weight excluding hydrogens is 410 g/mol. The highest BCUT2D eigenvalue weighted by atomic mass is 79.9. The highest BCUT2D eigenvalue weighted by Crippen LogP contribution is 2.37. The number of H-pyrrole nitrogens is 1. The van der Waals surface area contributed by atoms with Crippen LogP contribution in [0.4, 0.5) is 5.69 Å². The van der Waals surface area contributed by atoms with Crippen molar-refractivity contribution in [2.75, 3.05) is 6.61 Å². The molecule has 1 amide bonds. The Bertz CT molecular complexity index is 1020. The molecule has 0 atom stereocenters. The fraction of sp³-hybridized carbons (Fsp3) is 0.250. The smallest absolute Gasteiger partial charge is 0.302 e. The number of hydrogen-bond donors (Lipinski definition) is 2. The Morgan fingerprint density at radius 2 is 1.96 bits per heavy atom. The molecule has 0 aliphatic heterocycles. The zero-order valence-corrected chi connectivity index (χ0v) is 16.9. The molecule has 1 aromatic heterocycles. The molecule has 27 heavy (non-hydrogen) atoms. The lowest BCUT2D eigenvalue weighted by Crippen LogP contribution is -2.15. The maximum atomic E-state index is 12.1. The topological polar surface area (TPSA) is 87.0 Å². The van der Waals surface area contributed by atoms with Crippen LogP contribution in [-0.4, -0.2) is 22.6 Å². The normalized spacial score (nSPS) is 12.0. The van der Waals surface area contributed by atoms with Gasteiger partial charge in [0.1, 0.15) is 5.75 Å². The Kier molecular flexibility index (Phi) is 5.32. The number of halogens is 1. The third-order valence-corrected chi connectivity index (χ3v) is 4.52. The van der Waals surface area contributed by atoms with E-state index in [9.17, 15) is 9.90 Å². The fourth-order valence-corrected chi connectivity index (χ4v) is 3.08. The lowest BCUT2D eigenvalue weighted by atomic mass is 9.86. The number of fused-ring (bicyclic) bond motifs is 1. The molecule has 3 aromatic rings. The third kappa shape index (κ3) is 4.36. The first-order valence-electron chi connectivity index (χ1n) is 8.43. The van der Waals surface area contributed by atoms with E-state index in [1.54, 1.807) is 12.1 Å². The van der Waals surface area contributed by atoms with Gasteiger partial charge in [-0.3, -0.25) is 4.79 Å². The predicted octanol–water partition coefficient (Wildman–Crippen LogP) is 5.62. The average molecular weight is 430 g/mol. The molecule has 6 nitrogen and oxygen atoms in total. The van der Waals surface area contributed by atoms with Gasteiger partial charge in [-0.25, -0.2) is 0 Å². The van der Waals surface area contributed by atoms with Crippen LogP contribution in [0.2, 0.25) is 0 Å². The van der Waals surface area contributed by atoms with Crippen molar-refractivity contribution in [3.63, 3.8) is 0 Å². The van der Waals surface area contributed by atoms with Crippen LogP contribution >= 0.6 is 15.9 Å². The summed E-state index contributed by atoms with van der Waals surface area (Å²) < 4.78 is 6.48. The van der Waals surface area contributed by atoms with Crippen molar-refractivity contribution in [1.29, 1.82) is 0 Å². The van der Waals surface area contributed by atoms with Gasteiger partial charge in [-0.2, -0.15) is 0 Å². The van der Waals surface area contributed by atoms with Crippen LogP contribution in [0.5, 0.6) is 11.6 Å². The molecule has 0 aliphatic rings. The lowest BCUT2D eigenvalue weighted by Gasteiger charge is -2.22. The number of aromatic amines is 1. The van der Waals surface area contributed by atoms with Gasteiger partial charge in [0.15, 0.2) is 12.3 Å². The fourth-order valence-electron chi connectivity index (χ4n) is 2.72. The summed E-state index contributed by atoms with van der Waals surface area (Å²) in [7, 11) is 0. The van der Waals surface area contributed by atoms with Crippen LogP contribution in [0.25, 0.3) is 10.9 Å². The van der Waals surface area contributed by atoms with E-state index in [1.165, 1.54) is 0 Å². The summed E-state index contributed by atoms with van der Waals surface area (Å²) >= 11 is 3.37. The molecule has 7 heteroatoms. The molecule has 0 aliphatic carbocycles. The third-order valence-electron chi connectivity index (χ3n) is 4.02. The molecule has 0 spiro atoms. The number of nitrogens with zero attached hydrogens (tertiary/aromatic N) is 2. The minimum absolute atomic E-state index is 0.107. The van der Waals surface area contributed by atoms with Crippen LogP contribution in [-0.2, 0) is 10.2 Å². The Hall–Kier alpha value is -2.67. The van der Waals surface area contributed by atoms with Gasteiger partial charge in [0, 0.05) is 9.86 Å². The van der Waals surface area contributed by atoms with E-state index in [4.69, 9.17) is 4.74 Å². The maximum Gasteiger partial charge on any atom is 0.302 e. The summed E-state index contributed by atoms with van der Waals surface area (Å²) in [6.45, 7) is 6.00. The Morgan fingerprint density at radius 3 is 2.70 bits per heavy atom. The summed E-state index contributed by atoms with van der Waals surface area (Å²) in [5.41, 5.74) is 1.82.